The maximum atomic E-state index is 14.1. The van der Waals surface area contributed by atoms with E-state index < -0.39 is 17.4 Å². The molecule has 0 spiro atoms. The number of hydrogen-bond donors (Lipinski definition) is 0. The molecule has 1 heterocycles. The fourth-order valence-electron chi connectivity index (χ4n) is 2.83. The minimum Gasteiger partial charge on any atom is -0.490 e. The van der Waals surface area contributed by atoms with Gasteiger partial charge in [0, 0.05) is 13.1 Å². The summed E-state index contributed by atoms with van der Waals surface area (Å²) in [5, 5.41) is 0. The highest BCUT2D eigenvalue weighted by Gasteiger charge is 2.27. The van der Waals surface area contributed by atoms with E-state index in [2.05, 4.69) is 4.74 Å². The number of esters is 1. The van der Waals surface area contributed by atoms with E-state index in [-0.39, 0.29) is 24.2 Å². The van der Waals surface area contributed by atoms with Gasteiger partial charge in [-0.2, -0.15) is 0 Å². The van der Waals surface area contributed by atoms with Crippen LogP contribution in [0.15, 0.2) is 18.2 Å². The molecule has 0 aromatic heterocycles. The van der Waals surface area contributed by atoms with Crippen LogP contribution >= 0.6 is 0 Å². The van der Waals surface area contributed by atoms with Gasteiger partial charge in [-0.3, -0.25) is 4.79 Å². The molecule has 0 radical (unpaired) electrons. The van der Waals surface area contributed by atoms with Gasteiger partial charge in [0.1, 0.15) is 5.60 Å². The number of carbonyl (C=O) groups excluding carboxylic acids is 2. The summed E-state index contributed by atoms with van der Waals surface area (Å²) in [5.41, 5.74) is 0.0339. The summed E-state index contributed by atoms with van der Waals surface area (Å²) in [6.07, 6.45) is 1.29. The molecular formula is C20H28FNO5. The van der Waals surface area contributed by atoms with Crippen molar-refractivity contribution in [3.63, 3.8) is 0 Å². The smallest absolute Gasteiger partial charge is 0.410 e. The number of piperidine rings is 1. The summed E-state index contributed by atoms with van der Waals surface area (Å²) in [7, 11) is 1.30. The van der Waals surface area contributed by atoms with Crippen molar-refractivity contribution >= 4 is 12.1 Å². The zero-order chi connectivity index (χ0) is 20.0. The van der Waals surface area contributed by atoms with Crippen LogP contribution in [0.2, 0.25) is 0 Å². The molecule has 1 saturated heterocycles. The average Bonchev–Trinajstić information content (AvgIpc) is 2.60. The molecular weight excluding hydrogens is 353 g/mol. The summed E-state index contributed by atoms with van der Waals surface area (Å²) in [6.45, 7) is 7.12. The number of nitrogens with zero attached hydrogens (tertiary/aromatic N) is 1. The number of rotatable bonds is 5. The molecule has 0 atom stereocenters. The normalized spacial score (nSPS) is 15.4. The first-order chi connectivity index (χ1) is 12.7. The molecule has 6 nitrogen and oxygen atoms in total. The van der Waals surface area contributed by atoms with Crippen molar-refractivity contribution in [2.75, 3.05) is 26.8 Å². The van der Waals surface area contributed by atoms with E-state index in [9.17, 15) is 14.0 Å². The first kappa shape index (κ1) is 21.0. The van der Waals surface area contributed by atoms with Crippen molar-refractivity contribution in [2.45, 2.75) is 45.6 Å². The van der Waals surface area contributed by atoms with E-state index >= 15 is 0 Å². The van der Waals surface area contributed by atoms with Crippen molar-refractivity contribution in [3.05, 3.63) is 29.6 Å². The molecule has 0 saturated carbocycles. The third-order valence-corrected chi connectivity index (χ3v) is 4.31. The Morgan fingerprint density at radius 2 is 1.89 bits per heavy atom. The Morgan fingerprint density at radius 3 is 2.44 bits per heavy atom. The average molecular weight is 381 g/mol. The van der Waals surface area contributed by atoms with E-state index in [4.69, 9.17) is 9.47 Å². The van der Waals surface area contributed by atoms with Crippen LogP contribution in [0.1, 0.15) is 39.2 Å². The second-order valence-electron chi connectivity index (χ2n) is 7.74. The van der Waals surface area contributed by atoms with Gasteiger partial charge >= 0.3 is 12.1 Å². The zero-order valence-corrected chi connectivity index (χ0v) is 16.4. The van der Waals surface area contributed by atoms with E-state index in [1.54, 1.807) is 11.0 Å². The summed E-state index contributed by atoms with van der Waals surface area (Å²) in [6, 6.07) is 4.47. The highest BCUT2D eigenvalue weighted by Crippen LogP contribution is 2.23. The SMILES string of the molecule is COC(=O)Cc1ccc(OCC2CCN(C(=O)OC(C)(C)C)CC2)c(F)c1. The summed E-state index contributed by atoms with van der Waals surface area (Å²) in [4.78, 5) is 25.0. The monoisotopic (exact) mass is 381 g/mol. The fourth-order valence-corrected chi connectivity index (χ4v) is 2.83. The van der Waals surface area contributed by atoms with E-state index in [1.807, 2.05) is 20.8 Å². The zero-order valence-electron chi connectivity index (χ0n) is 16.4. The molecule has 0 unspecified atom stereocenters. The number of carbonyl (C=O) groups is 2. The fraction of sp³-hybridized carbons (Fsp3) is 0.600. The molecule has 0 N–H and O–H groups in total. The number of methoxy groups -OCH3 is 1. The van der Waals surface area contributed by atoms with Gasteiger partial charge in [0.2, 0.25) is 0 Å². The third-order valence-electron chi connectivity index (χ3n) is 4.31. The molecule has 1 aliphatic heterocycles. The maximum absolute atomic E-state index is 14.1. The molecule has 150 valence electrons. The lowest BCUT2D eigenvalue weighted by Crippen LogP contribution is -2.42. The quantitative estimate of drug-likeness (QED) is 0.730. The van der Waals surface area contributed by atoms with Crippen LogP contribution in [-0.2, 0) is 20.7 Å². The van der Waals surface area contributed by atoms with Crippen LogP contribution in [0.5, 0.6) is 5.75 Å². The van der Waals surface area contributed by atoms with Gasteiger partial charge in [-0.1, -0.05) is 6.07 Å². The molecule has 0 aliphatic carbocycles. The van der Waals surface area contributed by atoms with Crippen LogP contribution in [0, 0.1) is 11.7 Å². The van der Waals surface area contributed by atoms with Gasteiger partial charge in [-0.05, 0) is 57.2 Å². The van der Waals surface area contributed by atoms with Crippen molar-refractivity contribution < 1.29 is 28.2 Å². The molecule has 2 rings (SSSR count). The van der Waals surface area contributed by atoms with Crippen LogP contribution in [0.4, 0.5) is 9.18 Å². The van der Waals surface area contributed by atoms with Gasteiger partial charge in [0.15, 0.2) is 11.6 Å². The molecule has 0 bridgehead atoms. The number of benzene rings is 1. The third kappa shape index (κ3) is 6.73. The maximum Gasteiger partial charge on any atom is 0.410 e. The Kier molecular flexibility index (Phi) is 7.05. The number of hydrogen-bond acceptors (Lipinski definition) is 5. The van der Waals surface area contributed by atoms with E-state index in [0.717, 1.165) is 12.8 Å². The Labute approximate surface area is 159 Å². The Morgan fingerprint density at radius 1 is 1.22 bits per heavy atom. The van der Waals surface area contributed by atoms with Gasteiger partial charge in [-0.25, -0.2) is 9.18 Å². The minimum atomic E-state index is -0.505. The number of halogens is 1. The number of amides is 1. The summed E-state index contributed by atoms with van der Waals surface area (Å²) >= 11 is 0. The Balaban J connectivity index is 1.80. The standard InChI is InChI=1S/C20H28FNO5/c1-20(2,3)27-19(24)22-9-7-14(8-10-22)13-26-17-6-5-15(11-16(17)21)12-18(23)25-4/h5-6,11,14H,7-10,12-13H2,1-4H3. The van der Waals surface area contributed by atoms with Gasteiger partial charge in [-0.15, -0.1) is 0 Å². The van der Waals surface area contributed by atoms with Crippen LogP contribution < -0.4 is 4.74 Å². The van der Waals surface area contributed by atoms with Gasteiger partial charge < -0.3 is 19.1 Å². The Bertz CT molecular complexity index is 663. The van der Waals surface area contributed by atoms with Crippen molar-refractivity contribution in [3.8, 4) is 5.75 Å². The lowest BCUT2D eigenvalue weighted by Gasteiger charge is -2.33. The topological polar surface area (TPSA) is 65.1 Å². The highest BCUT2D eigenvalue weighted by atomic mass is 19.1. The number of likely N-dealkylation sites (tertiary alicyclic amines) is 1. The summed E-state index contributed by atoms with van der Waals surface area (Å²) < 4.78 is 29.7. The second kappa shape index (κ2) is 9.06. The summed E-state index contributed by atoms with van der Waals surface area (Å²) in [5.74, 6) is -0.501. The molecule has 27 heavy (non-hydrogen) atoms. The Hall–Kier alpha value is -2.31. The van der Waals surface area contributed by atoms with Crippen molar-refractivity contribution in [2.24, 2.45) is 5.92 Å². The molecule has 1 fully saturated rings. The van der Waals surface area contributed by atoms with Crippen molar-refractivity contribution in [1.29, 1.82) is 0 Å². The molecule has 7 heteroatoms. The van der Waals surface area contributed by atoms with Gasteiger partial charge in [0.05, 0.1) is 20.1 Å². The first-order valence-electron chi connectivity index (χ1n) is 9.14. The van der Waals surface area contributed by atoms with Crippen LogP contribution in [-0.4, -0.2) is 49.4 Å². The molecule has 1 amide bonds. The van der Waals surface area contributed by atoms with Crippen LogP contribution in [0.3, 0.4) is 0 Å². The second-order valence-corrected chi connectivity index (χ2v) is 7.74. The largest absolute Gasteiger partial charge is 0.490 e. The molecule has 1 aliphatic rings. The highest BCUT2D eigenvalue weighted by molar-refractivity contribution is 5.72. The van der Waals surface area contributed by atoms with Gasteiger partial charge in [0.25, 0.3) is 0 Å². The van der Waals surface area contributed by atoms with Crippen LogP contribution in [0.25, 0.3) is 0 Å². The molecule has 1 aromatic carbocycles. The molecule has 1 aromatic rings. The predicted octanol–water partition coefficient (Wildman–Crippen LogP) is 3.57. The van der Waals surface area contributed by atoms with Crippen molar-refractivity contribution in [1.82, 2.24) is 4.90 Å². The number of ether oxygens (including phenoxy) is 3. The lowest BCUT2D eigenvalue weighted by atomic mass is 9.98. The van der Waals surface area contributed by atoms with E-state index in [1.165, 1.54) is 19.2 Å². The predicted molar refractivity (Wildman–Crippen MR) is 98.1 cm³/mol. The lowest BCUT2D eigenvalue weighted by molar-refractivity contribution is -0.139. The minimum absolute atomic E-state index is 0.0246. The first-order valence-corrected chi connectivity index (χ1v) is 9.14. The van der Waals surface area contributed by atoms with E-state index in [0.29, 0.717) is 25.3 Å².